The second kappa shape index (κ2) is 9.42. The zero-order chi connectivity index (χ0) is 24.1. The highest BCUT2D eigenvalue weighted by Crippen LogP contribution is 2.26. The van der Waals surface area contributed by atoms with Crippen LogP contribution in [0.5, 0.6) is 0 Å². The minimum atomic E-state index is -3.91. The van der Waals surface area contributed by atoms with Crippen LogP contribution in [-0.4, -0.2) is 30.3 Å². The van der Waals surface area contributed by atoms with E-state index in [4.69, 9.17) is 11.5 Å². The topological polar surface area (TPSA) is 177 Å². The lowest BCUT2D eigenvalue weighted by molar-refractivity contribution is 0.102. The van der Waals surface area contributed by atoms with E-state index in [2.05, 4.69) is 25.7 Å². The van der Waals surface area contributed by atoms with Gasteiger partial charge in [0.15, 0.2) is 0 Å². The van der Waals surface area contributed by atoms with E-state index in [1.807, 2.05) is 10.9 Å². The predicted molar refractivity (Wildman–Crippen MR) is 130 cm³/mol. The van der Waals surface area contributed by atoms with Gasteiger partial charge in [0.05, 0.1) is 10.4 Å². The van der Waals surface area contributed by atoms with Crippen molar-refractivity contribution in [1.82, 2.24) is 14.8 Å². The maximum Gasteiger partial charge on any atom is 0.276 e. The van der Waals surface area contributed by atoms with Crippen molar-refractivity contribution in [3.05, 3.63) is 84.7 Å². The highest BCUT2D eigenvalue weighted by atomic mass is 32.2. The Morgan fingerprint density at radius 2 is 1.59 bits per heavy atom. The van der Waals surface area contributed by atoms with Crippen LogP contribution in [0.3, 0.4) is 0 Å². The minimum Gasteiger partial charge on any atom is -0.369 e. The molecular weight excluding hydrogens is 456 g/mol. The summed E-state index contributed by atoms with van der Waals surface area (Å²) in [6.45, 7) is 0. The molecule has 4 rings (SSSR count). The van der Waals surface area contributed by atoms with E-state index in [0.717, 1.165) is 0 Å². The molecule has 4 aromatic rings. The molecule has 0 fully saturated rings. The van der Waals surface area contributed by atoms with Gasteiger partial charge in [-0.2, -0.15) is 13.2 Å². The number of nitrogens with zero attached hydrogens (tertiary/aromatic N) is 3. The predicted octanol–water partition coefficient (Wildman–Crippen LogP) is 2.09. The van der Waals surface area contributed by atoms with Crippen LogP contribution in [0.25, 0.3) is 10.9 Å². The van der Waals surface area contributed by atoms with Crippen molar-refractivity contribution in [3.8, 4) is 0 Å². The lowest BCUT2D eigenvalue weighted by atomic mass is 10.1. The van der Waals surface area contributed by atoms with Gasteiger partial charge in [0.1, 0.15) is 12.1 Å². The summed E-state index contributed by atoms with van der Waals surface area (Å²) in [5, 5.41) is 9.99. The molecule has 0 spiro atoms. The molecule has 0 atom stereocenters. The molecule has 1 aromatic heterocycles. The SMILES string of the molecule is NC(N)=NNS(=O)(=O)c1ccc(Nc2ncnc3ccc(NC(=O)c4ccccc4)cc23)cc1. The molecule has 0 saturated carbocycles. The number of sulfonamides is 1. The van der Waals surface area contributed by atoms with Gasteiger partial charge in [-0.1, -0.05) is 18.2 Å². The fraction of sp³-hybridized carbons (Fsp3) is 0. The summed E-state index contributed by atoms with van der Waals surface area (Å²) in [6, 6.07) is 20.1. The molecule has 0 aliphatic carbocycles. The Hall–Kier alpha value is -4.71. The van der Waals surface area contributed by atoms with Crippen LogP contribution in [0.15, 0.2) is 89.1 Å². The molecule has 3 aromatic carbocycles. The van der Waals surface area contributed by atoms with Gasteiger partial charge < -0.3 is 22.1 Å². The van der Waals surface area contributed by atoms with Crippen LogP contribution in [0.1, 0.15) is 10.4 Å². The van der Waals surface area contributed by atoms with E-state index in [-0.39, 0.29) is 10.8 Å². The average Bonchev–Trinajstić information content (AvgIpc) is 2.84. The lowest BCUT2D eigenvalue weighted by Crippen LogP contribution is -2.29. The monoisotopic (exact) mass is 476 g/mol. The number of rotatable bonds is 7. The van der Waals surface area contributed by atoms with Gasteiger partial charge in [0, 0.05) is 22.3 Å². The summed E-state index contributed by atoms with van der Waals surface area (Å²) in [5.41, 5.74) is 12.7. The molecule has 0 aliphatic rings. The second-order valence-electron chi connectivity index (χ2n) is 7.06. The highest BCUT2D eigenvalue weighted by molar-refractivity contribution is 7.89. The molecule has 0 saturated heterocycles. The number of aromatic nitrogens is 2. The van der Waals surface area contributed by atoms with Gasteiger partial charge in [-0.15, -0.1) is 5.10 Å². The third-order valence-corrected chi connectivity index (χ3v) is 5.88. The lowest BCUT2D eigenvalue weighted by Gasteiger charge is -2.11. The number of nitrogens with one attached hydrogen (secondary N) is 3. The van der Waals surface area contributed by atoms with Gasteiger partial charge in [0.2, 0.25) is 5.96 Å². The van der Waals surface area contributed by atoms with Gasteiger partial charge in [-0.25, -0.2) is 9.97 Å². The standard InChI is InChI=1S/C22H20N8O3S/c23-22(24)29-30-34(32,33)17-9-6-15(7-10-17)27-20-18-12-16(8-11-19(18)25-13-26-20)28-21(31)14-4-2-1-3-5-14/h1-13,30H,(H,28,31)(H4,23,24,29)(H,25,26,27). The number of hydrogen-bond acceptors (Lipinski definition) is 7. The highest BCUT2D eigenvalue weighted by Gasteiger charge is 2.14. The van der Waals surface area contributed by atoms with Crippen LogP contribution in [-0.2, 0) is 10.0 Å². The Balaban J connectivity index is 1.57. The minimum absolute atomic E-state index is 0.0264. The number of guanidine groups is 1. The Bertz CT molecular complexity index is 1470. The van der Waals surface area contributed by atoms with Crippen LogP contribution in [0, 0.1) is 0 Å². The van der Waals surface area contributed by atoms with E-state index in [9.17, 15) is 13.2 Å². The molecule has 0 unspecified atom stereocenters. The molecule has 0 aliphatic heterocycles. The Kier molecular flexibility index (Phi) is 6.23. The number of carbonyl (C=O) groups excluding carboxylic acids is 1. The van der Waals surface area contributed by atoms with Crippen molar-refractivity contribution in [2.24, 2.45) is 16.6 Å². The molecular formula is C22H20N8O3S. The summed E-state index contributed by atoms with van der Waals surface area (Å²) in [6.07, 6.45) is 1.41. The van der Waals surface area contributed by atoms with Crippen molar-refractivity contribution in [2.45, 2.75) is 4.90 Å². The number of amides is 1. The fourth-order valence-corrected chi connectivity index (χ4v) is 3.87. The van der Waals surface area contributed by atoms with E-state index >= 15 is 0 Å². The van der Waals surface area contributed by atoms with Gasteiger partial charge >= 0.3 is 0 Å². The first-order valence-corrected chi connectivity index (χ1v) is 11.4. The van der Waals surface area contributed by atoms with Crippen LogP contribution in [0.4, 0.5) is 17.2 Å². The summed E-state index contributed by atoms with van der Waals surface area (Å²) in [7, 11) is -3.91. The maximum atomic E-state index is 12.5. The molecule has 34 heavy (non-hydrogen) atoms. The molecule has 0 bridgehead atoms. The maximum absolute atomic E-state index is 12.5. The molecule has 1 heterocycles. The van der Waals surface area contributed by atoms with Crippen LogP contribution >= 0.6 is 0 Å². The molecule has 12 heteroatoms. The van der Waals surface area contributed by atoms with Gasteiger partial charge in [-0.05, 0) is 54.6 Å². The average molecular weight is 477 g/mol. The van der Waals surface area contributed by atoms with E-state index in [0.29, 0.717) is 33.7 Å². The first-order chi connectivity index (χ1) is 16.3. The molecule has 172 valence electrons. The number of fused-ring (bicyclic) bond motifs is 1. The van der Waals surface area contributed by atoms with Crippen molar-refractivity contribution in [3.63, 3.8) is 0 Å². The molecule has 0 radical (unpaired) electrons. The number of benzene rings is 3. The van der Waals surface area contributed by atoms with Crippen LogP contribution in [0.2, 0.25) is 0 Å². The largest absolute Gasteiger partial charge is 0.369 e. The Labute approximate surface area is 195 Å². The number of carbonyl (C=O) groups is 1. The van der Waals surface area contributed by atoms with E-state index in [1.54, 1.807) is 54.6 Å². The third-order valence-electron chi connectivity index (χ3n) is 4.65. The normalized spacial score (nSPS) is 10.9. The quantitative estimate of drug-likeness (QED) is 0.153. The number of hydrogen-bond donors (Lipinski definition) is 5. The first kappa shape index (κ1) is 22.5. The van der Waals surface area contributed by atoms with Crippen molar-refractivity contribution < 1.29 is 13.2 Å². The number of hydrazone groups is 1. The number of nitrogens with two attached hydrogens (primary N) is 2. The van der Waals surface area contributed by atoms with Gasteiger partial charge in [0.25, 0.3) is 15.9 Å². The Morgan fingerprint density at radius 1 is 0.882 bits per heavy atom. The van der Waals surface area contributed by atoms with Crippen molar-refractivity contribution >= 4 is 50.0 Å². The zero-order valence-corrected chi connectivity index (χ0v) is 18.5. The molecule has 11 nitrogen and oxygen atoms in total. The van der Waals surface area contributed by atoms with Crippen LogP contribution < -0.4 is 26.9 Å². The number of anilines is 3. The fourth-order valence-electron chi connectivity index (χ4n) is 3.05. The molecule has 1 amide bonds. The summed E-state index contributed by atoms with van der Waals surface area (Å²) in [5.74, 6) is -0.163. The van der Waals surface area contributed by atoms with Gasteiger partial charge in [-0.3, -0.25) is 4.79 Å². The smallest absolute Gasteiger partial charge is 0.276 e. The van der Waals surface area contributed by atoms with E-state index in [1.165, 1.54) is 18.5 Å². The summed E-state index contributed by atoms with van der Waals surface area (Å²) >= 11 is 0. The van der Waals surface area contributed by atoms with E-state index < -0.39 is 16.0 Å². The summed E-state index contributed by atoms with van der Waals surface area (Å²) < 4.78 is 24.4. The Morgan fingerprint density at radius 3 is 2.29 bits per heavy atom. The van der Waals surface area contributed by atoms with Crippen molar-refractivity contribution in [2.75, 3.05) is 10.6 Å². The first-order valence-electron chi connectivity index (χ1n) is 9.90. The molecule has 7 N–H and O–H groups in total. The van der Waals surface area contributed by atoms with Crippen molar-refractivity contribution in [1.29, 1.82) is 0 Å². The summed E-state index contributed by atoms with van der Waals surface area (Å²) in [4.78, 5) is 22.9. The third kappa shape index (κ3) is 5.19. The second-order valence-corrected chi connectivity index (χ2v) is 8.72. The zero-order valence-electron chi connectivity index (χ0n) is 17.6.